The van der Waals surface area contributed by atoms with Crippen LogP contribution in [0.15, 0.2) is 42.9 Å². The Morgan fingerprint density at radius 2 is 1.81 bits per heavy atom. The standard InChI is InChI=1S/C24H27FN6O/c1-4-20-22(17-6-8-21(26-2)27-14-17)23(29-15-28-20)16-5-7-18(19(25)13-16)24(32)31-11-9-30(3)10-12-31/h5-8,13-15H,4,9-12H2,1-3H3,(H,26,27). The van der Waals surface area contributed by atoms with Crippen LogP contribution in [0.5, 0.6) is 0 Å². The molecule has 0 unspecified atom stereocenters. The molecule has 0 bridgehead atoms. The van der Waals surface area contributed by atoms with Crippen LogP contribution in [0.1, 0.15) is 23.0 Å². The monoisotopic (exact) mass is 434 g/mol. The van der Waals surface area contributed by atoms with Crippen LogP contribution in [-0.4, -0.2) is 70.9 Å². The van der Waals surface area contributed by atoms with E-state index < -0.39 is 5.82 Å². The van der Waals surface area contributed by atoms with Crippen LogP contribution in [-0.2, 0) is 6.42 Å². The fourth-order valence-electron chi connectivity index (χ4n) is 3.92. The summed E-state index contributed by atoms with van der Waals surface area (Å²) in [5.41, 5.74) is 3.84. The summed E-state index contributed by atoms with van der Waals surface area (Å²) in [5.74, 6) is -0.0631. The molecule has 1 N–H and O–H groups in total. The molecule has 4 rings (SSSR count). The third-order valence-electron chi connectivity index (χ3n) is 5.83. The van der Waals surface area contributed by atoms with Crippen molar-refractivity contribution < 1.29 is 9.18 Å². The van der Waals surface area contributed by atoms with Gasteiger partial charge >= 0.3 is 0 Å². The highest BCUT2D eigenvalue weighted by Crippen LogP contribution is 2.33. The number of halogens is 1. The van der Waals surface area contributed by atoms with Crippen LogP contribution in [0.25, 0.3) is 22.4 Å². The first-order chi connectivity index (χ1) is 15.5. The number of nitrogens with zero attached hydrogens (tertiary/aromatic N) is 5. The smallest absolute Gasteiger partial charge is 0.256 e. The summed E-state index contributed by atoms with van der Waals surface area (Å²) in [6.45, 7) is 4.79. The van der Waals surface area contributed by atoms with Gasteiger partial charge < -0.3 is 15.1 Å². The van der Waals surface area contributed by atoms with Gasteiger partial charge in [0.15, 0.2) is 0 Å². The maximum atomic E-state index is 15.1. The molecule has 0 spiro atoms. The molecule has 166 valence electrons. The van der Waals surface area contributed by atoms with E-state index in [1.807, 2.05) is 33.2 Å². The summed E-state index contributed by atoms with van der Waals surface area (Å²) in [6.07, 6.45) is 3.95. The molecule has 0 aliphatic carbocycles. The number of carbonyl (C=O) groups is 1. The SMILES string of the molecule is CCc1ncnc(-c2ccc(C(=O)N3CCN(C)CC3)c(F)c2)c1-c1ccc(NC)nc1. The van der Waals surface area contributed by atoms with Crippen LogP contribution in [0, 0.1) is 5.82 Å². The Morgan fingerprint density at radius 1 is 1.06 bits per heavy atom. The highest BCUT2D eigenvalue weighted by atomic mass is 19.1. The molecule has 1 fully saturated rings. The number of pyridine rings is 1. The molecule has 1 saturated heterocycles. The van der Waals surface area contributed by atoms with E-state index in [0.717, 1.165) is 35.7 Å². The van der Waals surface area contributed by atoms with Crippen molar-refractivity contribution >= 4 is 11.7 Å². The van der Waals surface area contributed by atoms with Crippen LogP contribution in [0.2, 0.25) is 0 Å². The predicted octanol–water partition coefficient (Wildman–Crippen LogP) is 3.34. The van der Waals surface area contributed by atoms with Gasteiger partial charge in [0.05, 0.1) is 17.0 Å². The molecule has 3 heterocycles. The van der Waals surface area contributed by atoms with Gasteiger partial charge in [0.1, 0.15) is 18.0 Å². The van der Waals surface area contributed by atoms with E-state index in [1.165, 1.54) is 12.4 Å². The van der Waals surface area contributed by atoms with Crippen LogP contribution in [0.4, 0.5) is 10.2 Å². The number of piperazine rings is 1. The average molecular weight is 435 g/mol. The van der Waals surface area contributed by atoms with Crippen molar-refractivity contribution in [1.82, 2.24) is 24.8 Å². The van der Waals surface area contributed by atoms with Gasteiger partial charge in [-0.1, -0.05) is 13.0 Å². The van der Waals surface area contributed by atoms with Crippen molar-refractivity contribution in [2.75, 3.05) is 45.6 Å². The Labute approximate surface area is 187 Å². The third-order valence-corrected chi connectivity index (χ3v) is 5.83. The lowest BCUT2D eigenvalue weighted by molar-refractivity contribution is 0.0659. The number of amides is 1. The van der Waals surface area contributed by atoms with Gasteiger partial charge in [-0.3, -0.25) is 4.79 Å². The number of hydrogen-bond donors (Lipinski definition) is 1. The molecule has 1 aliphatic rings. The van der Waals surface area contributed by atoms with E-state index in [9.17, 15) is 4.79 Å². The Balaban J connectivity index is 1.71. The molecule has 7 nitrogen and oxygen atoms in total. The van der Waals surface area contributed by atoms with Crippen molar-refractivity contribution in [2.24, 2.45) is 0 Å². The van der Waals surface area contributed by atoms with Gasteiger partial charge in [-0.05, 0) is 37.7 Å². The molecule has 8 heteroatoms. The number of rotatable bonds is 5. The lowest BCUT2D eigenvalue weighted by atomic mass is 9.96. The summed E-state index contributed by atoms with van der Waals surface area (Å²) >= 11 is 0. The molecule has 0 atom stereocenters. The van der Waals surface area contributed by atoms with Gasteiger partial charge in [0, 0.05) is 56.1 Å². The third kappa shape index (κ3) is 4.31. The highest BCUT2D eigenvalue weighted by molar-refractivity contribution is 5.95. The lowest BCUT2D eigenvalue weighted by Gasteiger charge is -2.32. The van der Waals surface area contributed by atoms with Gasteiger partial charge in [-0.25, -0.2) is 19.3 Å². The minimum Gasteiger partial charge on any atom is -0.373 e. The normalized spacial score (nSPS) is 14.4. The molecule has 0 radical (unpaired) electrons. The molecule has 2 aromatic heterocycles. The quantitative estimate of drug-likeness (QED) is 0.664. The zero-order valence-electron chi connectivity index (χ0n) is 18.6. The Morgan fingerprint density at radius 3 is 2.44 bits per heavy atom. The van der Waals surface area contributed by atoms with Crippen LogP contribution < -0.4 is 5.32 Å². The summed E-state index contributed by atoms with van der Waals surface area (Å²) in [5, 5.41) is 3.00. The van der Waals surface area contributed by atoms with E-state index in [0.29, 0.717) is 30.8 Å². The molecule has 1 aromatic carbocycles. The highest BCUT2D eigenvalue weighted by Gasteiger charge is 2.24. The van der Waals surface area contributed by atoms with Gasteiger partial charge in [-0.2, -0.15) is 0 Å². The molecule has 32 heavy (non-hydrogen) atoms. The van der Waals surface area contributed by atoms with E-state index in [1.54, 1.807) is 23.2 Å². The van der Waals surface area contributed by atoms with Crippen molar-refractivity contribution in [3.05, 3.63) is 59.9 Å². The number of nitrogens with one attached hydrogen (secondary N) is 1. The molecule has 1 amide bonds. The van der Waals surface area contributed by atoms with E-state index >= 15 is 4.39 Å². The van der Waals surface area contributed by atoms with Crippen LogP contribution in [0.3, 0.4) is 0 Å². The second-order valence-electron chi connectivity index (χ2n) is 7.87. The Bertz CT molecular complexity index is 1110. The first-order valence-electron chi connectivity index (χ1n) is 10.8. The zero-order chi connectivity index (χ0) is 22.7. The maximum Gasteiger partial charge on any atom is 0.256 e. The minimum absolute atomic E-state index is 0.0877. The first-order valence-corrected chi connectivity index (χ1v) is 10.8. The average Bonchev–Trinajstić information content (AvgIpc) is 2.83. The van der Waals surface area contributed by atoms with Gasteiger partial charge in [0.2, 0.25) is 0 Å². The maximum absolute atomic E-state index is 15.1. The Hall–Kier alpha value is -3.39. The summed E-state index contributed by atoms with van der Waals surface area (Å²) in [6, 6.07) is 8.54. The zero-order valence-corrected chi connectivity index (χ0v) is 18.6. The largest absolute Gasteiger partial charge is 0.373 e. The van der Waals surface area contributed by atoms with Crippen LogP contribution >= 0.6 is 0 Å². The molecule has 3 aromatic rings. The molecule has 1 aliphatic heterocycles. The van der Waals surface area contributed by atoms with Crippen molar-refractivity contribution in [2.45, 2.75) is 13.3 Å². The fraction of sp³-hybridized carbons (Fsp3) is 0.333. The summed E-state index contributed by atoms with van der Waals surface area (Å²) < 4.78 is 15.1. The number of carbonyl (C=O) groups excluding carboxylic acids is 1. The predicted molar refractivity (Wildman–Crippen MR) is 123 cm³/mol. The molecule has 0 saturated carbocycles. The second kappa shape index (κ2) is 9.40. The van der Waals surface area contributed by atoms with Gasteiger partial charge in [0.25, 0.3) is 5.91 Å². The second-order valence-corrected chi connectivity index (χ2v) is 7.87. The molecular weight excluding hydrogens is 407 g/mol. The van der Waals surface area contributed by atoms with E-state index in [4.69, 9.17) is 0 Å². The number of anilines is 1. The lowest BCUT2D eigenvalue weighted by Crippen LogP contribution is -2.47. The van der Waals surface area contributed by atoms with Crippen molar-refractivity contribution in [3.63, 3.8) is 0 Å². The minimum atomic E-state index is -0.544. The molecular formula is C24H27FN6O. The van der Waals surface area contributed by atoms with E-state index in [-0.39, 0.29) is 11.5 Å². The van der Waals surface area contributed by atoms with Crippen molar-refractivity contribution in [3.8, 4) is 22.4 Å². The summed E-state index contributed by atoms with van der Waals surface area (Å²) in [4.78, 5) is 30.0. The van der Waals surface area contributed by atoms with E-state index in [2.05, 4.69) is 25.2 Å². The number of likely N-dealkylation sites (N-methyl/N-ethyl adjacent to an activating group) is 1. The number of benzene rings is 1. The topological polar surface area (TPSA) is 74.2 Å². The van der Waals surface area contributed by atoms with Crippen molar-refractivity contribution in [1.29, 1.82) is 0 Å². The van der Waals surface area contributed by atoms with Gasteiger partial charge in [-0.15, -0.1) is 0 Å². The number of aryl methyl sites for hydroxylation is 1. The summed E-state index contributed by atoms with van der Waals surface area (Å²) in [7, 11) is 3.83. The number of hydrogen-bond acceptors (Lipinski definition) is 6. The fourth-order valence-corrected chi connectivity index (χ4v) is 3.92. The number of aromatic nitrogens is 3. The Kier molecular flexibility index (Phi) is 6.41. The first kappa shape index (κ1) is 21.8.